The summed E-state index contributed by atoms with van der Waals surface area (Å²) in [4.78, 5) is 24.3. The lowest BCUT2D eigenvalue weighted by Crippen LogP contribution is -2.23. The number of benzene rings is 1. The first kappa shape index (κ1) is 15.1. The Morgan fingerprint density at radius 3 is 2.48 bits per heavy atom. The van der Waals surface area contributed by atoms with Crippen LogP contribution in [0.4, 0.5) is 0 Å². The fourth-order valence-electron chi connectivity index (χ4n) is 2.63. The summed E-state index contributed by atoms with van der Waals surface area (Å²) >= 11 is 0. The standard InChI is InChI=1S/C18H17NO4/c1-10(2)11-5-7-12(8-6-11)15-14(17(21)18(22)19-15)16(20)13-4-3-9-23-13/h3-10,15,21H,1-2H3,(H,19,22). The summed E-state index contributed by atoms with van der Waals surface area (Å²) in [6.07, 6.45) is 1.38. The Morgan fingerprint density at radius 2 is 1.91 bits per heavy atom. The largest absolute Gasteiger partial charge is 0.503 e. The molecule has 23 heavy (non-hydrogen) atoms. The molecule has 0 aliphatic carbocycles. The smallest absolute Gasteiger partial charge is 0.287 e. The average molecular weight is 311 g/mol. The number of amides is 1. The van der Waals surface area contributed by atoms with Crippen molar-refractivity contribution in [2.75, 3.05) is 0 Å². The van der Waals surface area contributed by atoms with Gasteiger partial charge in [-0.1, -0.05) is 38.1 Å². The lowest BCUT2D eigenvalue weighted by atomic mass is 9.93. The van der Waals surface area contributed by atoms with Crippen LogP contribution in [0.1, 0.15) is 47.5 Å². The number of hydrogen-bond donors (Lipinski definition) is 2. The Labute approximate surface area is 133 Å². The molecule has 0 saturated heterocycles. The minimum Gasteiger partial charge on any atom is -0.503 e. The summed E-state index contributed by atoms with van der Waals surface area (Å²) in [5, 5.41) is 12.6. The molecule has 2 aromatic rings. The third kappa shape index (κ3) is 2.65. The monoisotopic (exact) mass is 311 g/mol. The fraction of sp³-hybridized carbons (Fsp3) is 0.222. The molecule has 1 aromatic heterocycles. The summed E-state index contributed by atoms with van der Waals surface area (Å²) < 4.78 is 5.09. The van der Waals surface area contributed by atoms with Crippen LogP contribution in [0.2, 0.25) is 0 Å². The molecular formula is C18H17NO4. The summed E-state index contributed by atoms with van der Waals surface area (Å²) in [7, 11) is 0. The molecule has 1 unspecified atom stereocenters. The van der Waals surface area contributed by atoms with Gasteiger partial charge in [-0.2, -0.15) is 0 Å². The van der Waals surface area contributed by atoms with Gasteiger partial charge in [0.05, 0.1) is 17.9 Å². The van der Waals surface area contributed by atoms with E-state index in [1.54, 1.807) is 6.07 Å². The van der Waals surface area contributed by atoms with Gasteiger partial charge in [0.25, 0.3) is 5.91 Å². The van der Waals surface area contributed by atoms with Crippen LogP contribution < -0.4 is 5.32 Å². The van der Waals surface area contributed by atoms with Crippen molar-refractivity contribution in [2.45, 2.75) is 25.8 Å². The summed E-state index contributed by atoms with van der Waals surface area (Å²) in [6.45, 7) is 4.17. The molecule has 0 radical (unpaired) electrons. The van der Waals surface area contributed by atoms with Crippen molar-refractivity contribution in [3.05, 3.63) is 70.9 Å². The van der Waals surface area contributed by atoms with Gasteiger partial charge in [0.15, 0.2) is 11.5 Å². The van der Waals surface area contributed by atoms with Gasteiger partial charge in [0.2, 0.25) is 5.78 Å². The molecule has 1 aromatic carbocycles. The van der Waals surface area contributed by atoms with Crippen LogP contribution >= 0.6 is 0 Å². The van der Waals surface area contributed by atoms with Gasteiger partial charge in [-0.15, -0.1) is 0 Å². The quantitative estimate of drug-likeness (QED) is 0.849. The lowest BCUT2D eigenvalue weighted by molar-refractivity contribution is -0.119. The normalized spacial score (nSPS) is 17.7. The van der Waals surface area contributed by atoms with Crippen LogP contribution in [0.15, 0.2) is 58.4 Å². The van der Waals surface area contributed by atoms with Gasteiger partial charge >= 0.3 is 0 Å². The Bertz CT molecular complexity index is 770. The molecular weight excluding hydrogens is 294 g/mol. The third-order valence-electron chi connectivity index (χ3n) is 3.96. The van der Waals surface area contributed by atoms with E-state index in [1.165, 1.54) is 12.3 Å². The summed E-state index contributed by atoms with van der Waals surface area (Å²) in [5.74, 6) is -1.23. The highest BCUT2D eigenvalue weighted by Crippen LogP contribution is 2.32. The first-order valence-electron chi connectivity index (χ1n) is 7.41. The summed E-state index contributed by atoms with van der Waals surface area (Å²) in [6, 6.07) is 10.0. The molecule has 0 spiro atoms. The number of Topliss-reactive ketones (excluding diaryl/α,β-unsaturated/α-hetero) is 1. The molecule has 1 amide bonds. The second-order valence-corrected chi connectivity index (χ2v) is 5.80. The van der Waals surface area contributed by atoms with Crippen LogP contribution in [0.25, 0.3) is 0 Å². The van der Waals surface area contributed by atoms with Crippen molar-refractivity contribution in [1.29, 1.82) is 0 Å². The van der Waals surface area contributed by atoms with Crippen LogP contribution in [-0.4, -0.2) is 16.8 Å². The zero-order valence-corrected chi connectivity index (χ0v) is 12.9. The molecule has 3 rings (SSSR count). The summed E-state index contributed by atoms with van der Waals surface area (Å²) in [5.41, 5.74) is 1.91. The Kier molecular flexibility index (Phi) is 3.78. The van der Waals surface area contributed by atoms with Crippen molar-refractivity contribution in [3.63, 3.8) is 0 Å². The van der Waals surface area contributed by atoms with Crippen molar-refractivity contribution in [3.8, 4) is 0 Å². The predicted molar refractivity (Wildman–Crippen MR) is 84.1 cm³/mol. The van der Waals surface area contributed by atoms with E-state index in [0.717, 1.165) is 11.1 Å². The second-order valence-electron chi connectivity index (χ2n) is 5.80. The number of hydrogen-bond acceptors (Lipinski definition) is 4. The number of aliphatic hydroxyl groups excluding tert-OH is 1. The Balaban J connectivity index is 1.98. The highest BCUT2D eigenvalue weighted by atomic mass is 16.3. The molecule has 0 fully saturated rings. The van der Waals surface area contributed by atoms with Crippen molar-refractivity contribution in [1.82, 2.24) is 5.32 Å². The van der Waals surface area contributed by atoms with E-state index < -0.39 is 23.5 Å². The highest BCUT2D eigenvalue weighted by molar-refractivity contribution is 6.14. The number of aliphatic hydroxyl groups is 1. The maximum atomic E-state index is 12.5. The van der Waals surface area contributed by atoms with E-state index in [4.69, 9.17) is 4.42 Å². The molecule has 0 bridgehead atoms. The first-order valence-corrected chi connectivity index (χ1v) is 7.41. The molecule has 1 aliphatic rings. The first-order chi connectivity index (χ1) is 11.0. The molecule has 2 heterocycles. The SMILES string of the molecule is CC(C)c1ccc(C2NC(=O)C(O)=C2C(=O)c2ccco2)cc1. The molecule has 1 atom stereocenters. The Morgan fingerprint density at radius 1 is 1.22 bits per heavy atom. The van der Waals surface area contributed by atoms with Gasteiger partial charge < -0.3 is 14.8 Å². The maximum absolute atomic E-state index is 12.5. The number of carbonyl (C=O) groups is 2. The molecule has 2 N–H and O–H groups in total. The van der Waals surface area contributed by atoms with Crippen molar-refractivity contribution < 1.29 is 19.1 Å². The van der Waals surface area contributed by atoms with E-state index >= 15 is 0 Å². The third-order valence-corrected chi connectivity index (χ3v) is 3.96. The van der Waals surface area contributed by atoms with Crippen LogP contribution in [0, 0.1) is 0 Å². The van der Waals surface area contributed by atoms with Crippen LogP contribution in [0.5, 0.6) is 0 Å². The molecule has 5 heteroatoms. The van der Waals surface area contributed by atoms with E-state index in [0.29, 0.717) is 5.92 Å². The molecule has 0 saturated carbocycles. The van der Waals surface area contributed by atoms with Gasteiger partial charge in [0.1, 0.15) is 0 Å². The van der Waals surface area contributed by atoms with Crippen molar-refractivity contribution in [2.24, 2.45) is 0 Å². The number of nitrogens with one attached hydrogen (secondary N) is 1. The minimum absolute atomic E-state index is 0.0160. The van der Waals surface area contributed by atoms with E-state index in [9.17, 15) is 14.7 Å². The Hall–Kier alpha value is -2.82. The van der Waals surface area contributed by atoms with Crippen molar-refractivity contribution >= 4 is 11.7 Å². The van der Waals surface area contributed by atoms with Gasteiger partial charge in [-0.05, 0) is 29.2 Å². The number of rotatable bonds is 4. The number of furan rings is 1. The minimum atomic E-state index is -0.679. The fourth-order valence-corrected chi connectivity index (χ4v) is 2.63. The highest BCUT2D eigenvalue weighted by Gasteiger charge is 2.38. The number of ketones is 1. The second kappa shape index (κ2) is 5.76. The van der Waals surface area contributed by atoms with Crippen LogP contribution in [0.3, 0.4) is 0 Å². The molecule has 1 aliphatic heterocycles. The predicted octanol–water partition coefficient (Wildman–Crippen LogP) is 3.27. The topological polar surface area (TPSA) is 79.5 Å². The van der Waals surface area contributed by atoms with E-state index in [1.807, 2.05) is 24.3 Å². The van der Waals surface area contributed by atoms with Crippen LogP contribution in [-0.2, 0) is 4.79 Å². The maximum Gasteiger partial charge on any atom is 0.287 e. The average Bonchev–Trinajstić information content (AvgIpc) is 3.16. The number of carbonyl (C=O) groups excluding carboxylic acids is 2. The van der Waals surface area contributed by atoms with E-state index in [-0.39, 0.29) is 11.3 Å². The van der Waals surface area contributed by atoms with Gasteiger partial charge in [-0.3, -0.25) is 9.59 Å². The zero-order valence-electron chi connectivity index (χ0n) is 12.9. The lowest BCUT2D eigenvalue weighted by Gasteiger charge is -2.15. The molecule has 5 nitrogen and oxygen atoms in total. The zero-order chi connectivity index (χ0) is 16.6. The molecule has 118 valence electrons. The van der Waals surface area contributed by atoms with E-state index in [2.05, 4.69) is 19.2 Å². The van der Waals surface area contributed by atoms with Gasteiger partial charge in [-0.25, -0.2) is 0 Å². The van der Waals surface area contributed by atoms with Gasteiger partial charge in [0, 0.05) is 0 Å².